The molecule has 1 N–H and O–H groups in total. The number of nitrogens with zero attached hydrogens (tertiary/aromatic N) is 1. The van der Waals surface area contributed by atoms with Crippen molar-refractivity contribution in [2.24, 2.45) is 5.16 Å². The summed E-state index contributed by atoms with van der Waals surface area (Å²) in [6, 6.07) is 0. The number of amides is 1. The number of hydroxylamine groups is 1. The van der Waals surface area contributed by atoms with Crippen molar-refractivity contribution >= 4 is 12.1 Å². The molecule has 1 amide bonds. The first-order valence-electron chi connectivity index (χ1n) is 4.01. The molecule has 0 aliphatic heterocycles. The van der Waals surface area contributed by atoms with Crippen molar-refractivity contribution in [1.29, 1.82) is 0 Å². The molecule has 0 saturated heterocycles. The van der Waals surface area contributed by atoms with E-state index in [0.29, 0.717) is 0 Å². The van der Waals surface area contributed by atoms with Crippen LogP contribution in [0.1, 0.15) is 12.8 Å². The van der Waals surface area contributed by atoms with Crippen LogP contribution in [0.5, 0.6) is 0 Å². The topological polar surface area (TPSA) is 59.9 Å². The first-order valence-corrected chi connectivity index (χ1v) is 4.01. The Morgan fingerprint density at radius 2 is 2.20 bits per heavy atom. The van der Waals surface area contributed by atoms with Crippen LogP contribution in [0.15, 0.2) is 5.16 Å². The molecule has 8 heteroatoms. The summed E-state index contributed by atoms with van der Waals surface area (Å²) in [6.07, 6.45) is -4.57. The second-order valence-electron chi connectivity index (χ2n) is 2.45. The lowest BCUT2D eigenvalue weighted by atomic mass is 10.3. The molecule has 15 heavy (non-hydrogen) atoms. The molecule has 0 atom stereocenters. The van der Waals surface area contributed by atoms with Crippen molar-refractivity contribution < 1.29 is 27.6 Å². The highest BCUT2D eigenvalue weighted by atomic mass is 19.4. The average molecular weight is 228 g/mol. The zero-order chi connectivity index (χ0) is 11.7. The number of carbonyl (C=O) groups is 1. The fourth-order valence-corrected chi connectivity index (χ4v) is 0.594. The van der Waals surface area contributed by atoms with Crippen LogP contribution in [0.4, 0.5) is 13.2 Å². The van der Waals surface area contributed by atoms with Gasteiger partial charge in [0.2, 0.25) is 0 Å². The van der Waals surface area contributed by atoms with E-state index in [2.05, 4.69) is 14.8 Å². The van der Waals surface area contributed by atoms with Gasteiger partial charge in [-0.1, -0.05) is 5.16 Å². The maximum Gasteiger partial charge on any atom is 0.389 e. The molecule has 0 aromatic heterocycles. The van der Waals surface area contributed by atoms with Gasteiger partial charge in [-0.25, -0.2) is 5.48 Å². The predicted molar refractivity (Wildman–Crippen MR) is 44.9 cm³/mol. The quantitative estimate of drug-likeness (QED) is 0.419. The van der Waals surface area contributed by atoms with Crippen molar-refractivity contribution in [3.8, 4) is 0 Å². The summed E-state index contributed by atoms with van der Waals surface area (Å²) >= 11 is 0. The molecule has 0 heterocycles. The number of nitrogens with one attached hydrogen (secondary N) is 1. The van der Waals surface area contributed by atoms with Gasteiger partial charge in [0.25, 0.3) is 5.91 Å². The predicted octanol–water partition coefficient (Wildman–Crippen LogP) is 1.01. The Labute approximate surface area is 84.2 Å². The van der Waals surface area contributed by atoms with E-state index in [4.69, 9.17) is 0 Å². The molecule has 0 bridgehead atoms. The molecular weight excluding hydrogens is 217 g/mol. The van der Waals surface area contributed by atoms with Crippen molar-refractivity contribution in [2.75, 3.05) is 13.7 Å². The highest BCUT2D eigenvalue weighted by molar-refractivity contribution is 6.25. The molecule has 0 radical (unpaired) electrons. The molecule has 0 aromatic rings. The number of halogens is 3. The number of carbonyl (C=O) groups excluding carboxylic acids is 1. The SMILES string of the molecule is CON=CC(=O)NOCCCC(F)(F)F. The van der Waals surface area contributed by atoms with E-state index < -0.39 is 18.5 Å². The van der Waals surface area contributed by atoms with Gasteiger partial charge in [-0.2, -0.15) is 13.2 Å². The molecule has 5 nitrogen and oxygen atoms in total. The summed E-state index contributed by atoms with van der Waals surface area (Å²) in [5, 5.41) is 3.11. The van der Waals surface area contributed by atoms with E-state index in [1.807, 2.05) is 5.48 Å². The molecule has 0 fully saturated rings. The lowest BCUT2D eigenvalue weighted by Gasteiger charge is -2.05. The Balaban J connectivity index is 3.39. The van der Waals surface area contributed by atoms with Gasteiger partial charge in [0.1, 0.15) is 13.3 Å². The maximum atomic E-state index is 11.6. The van der Waals surface area contributed by atoms with Gasteiger partial charge >= 0.3 is 6.18 Å². The number of alkyl halides is 3. The second kappa shape index (κ2) is 7.04. The summed E-state index contributed by atoms with van der Waals surface area (Å²) in [5.41, 5.74) is 1.87. The second-order valence-corrected chi connectivity index (χ2v) is 2.45. The maximum absolute atomic E-state index is 11.6. The summed E-state index contributed by atoms with van der Waals surface area (Å²) in [5.74, 6) is -0.705. The first kappa shape index (κ1) is 13.7. The van der Waals surface area contributed by atoms with Crippen molar-refractivity contribution in [3.63, 3.8) is 0 Å². The van der Waals surface area contributed by atoms with Crippen LogP contribution in [-0.2, 0) is 14.5 Å². The van der Waals surface area contributed by atoms with Gasteiger partial charge in [-0.15, -0.1) is 0 Å². The molecule has 0 aromatic carbocycles. The van der Waals surface area contributed by atoms with E-state index in [-0.39, 0.29) is 13.0 Å². The summed E-state index contributed by atoms with van der Waals surface area (Å²) in [7, 11) is 1.24. The largest absolute Gasteiger partial charge is 0.399 e. The fraction of sp³-hybridized carbons (Fsp3) is 0.714. The standard InChI is InChI=1S/C7H11F3N2O3/c1-14-11-5-6(13)12-15-4-2-3-7(8,9)10/h5H,2-4H2,1H3,(H,12,13). The fourth-order valence-electron chi connectivity index (χ4n) is 0.594. The number of rotatable bonds is 6. The first-order chi connectivity index (χ1) is 6.95. The van der Waals surface area contributed by atoms with E-state index in [1.54, 1.807) is 0 Å². The van der Waals surface area contributed by atoms with Crippen molar-refractivity contribution in [3.05, 3.63) is 0 Å². The van der Waals surface area contributed by atoms with Crippen LogP contribution < -0.4 is 5.48 Å². The third-order valence-electron chi connectivity index (χ3n) is 1.15. The molecule has 0 saturated carbocycles. The minimum atomic E-state index is -4.20. The lowest BCUT2D eigenvalue weighted by molar-refractivity contribution is -0.141. The number of hydrogen-bond acceptors (Lipinski definition) is 4. The van der Waals surface area contributed by atoms with Crippen molar-refractivity contribution in [1.82, 2.24) is 5.48 Å². The Kier molecular flexibility index (Phi) is 6.43. The molecule has 0 rings (SSSR count). The monoisotopic (exact) mass is 228 g/mol. The molecule has 0 unspecified atom stereocenters. The van der Waals surface area contributed by atoms with Crippen LogP contribution in [0.2, 0.25) is 0 Å². The van der Waals surface area contributed by atoms with Crippen LogP contribution in [0.3, 0.4) is 0 Å². The van der Waals surface area contributed by atoms with Crippen LogP contribution >= 0.6 is 0 Å². The Bertz CT molecular complexity index is 218. The normalized spacial score (nSPS) is 11.7. The number of hydrogen-bond donors (Lipinski definition) is 1. The minimum Gasteiger partial charge on any atom is -0.399 e. The molecule has 88 valence electrons. The lowest BCUT2D eigenvalue weighted by Crippen LogP contribution is -2.25. The molecule has 0 spiro atoms. The average Bonchev–Trinajstić information content (AvgIpc) is 2.12. The van der Waals surface area contributed by atoms with Gasteiger partial charge in [-0.3, -0.25) is 9.63 Å². The zero-order valence-electron chi connectivity index (χ0n) is 8.00. The number of oxime groups is 1. The van der Waals surface area contributed by atoms with Crippen LogP contribution in [-0.4, -0.2) is 32.0 Å². The molecule has 0 aliphatic rings. The summed E-state index contributed by atoms with van der Waals surface area (Å²) in [4.78, 5) is 19.3. The Morgan fingerprint density at radius 1 is 1.53 bits per heavy atom. The third kappa shape index (κ3) is 10.6. The zero-order valence-corrected chi connectivity index (χ0v) is 8.00. The van der Waals surface area contributed by atoms with Gasteiger partial charge in [-0.05, 0) is 6.42 Å². The van der Waals surface area contributed by atoms with Crippen molar-refractivity contribution in [2.45, 2.75) is 19.0 Å². The van der Waals surface area contributed by atoms with E-state index in [0.717, 1.165) is 6.21 Å². The molecule has 0 aliphatic carbocycles. The highest BCUT2D eigenvalue weighted by Gasteiger charge is 2.25. The van der Waals surface area contributed by atoms with Gasteiger partial charge < -0.3 is 4.84 Å². The smallest absolute Gasteiger partial charge is 0.389 e. The third-order valence-corrected chi connectivity index (χ3v) is 1.15. The van der Waals surface area contributed by atoms with E-state index >= 15 is 0 Å². The van der Waals surface area contributed by atoms with E-state index in [9.17, 15) is 18.0 Å². The Morgan fingerprint density at radius 3 is 2.73 bits per heavy atom. The van der Waals surface area contributed by atoms with Gasteiger partial charge in [0.15, 0.2) is 0 Å². The summed E-state index contributed by atoms with van der Waals surface area (Å²) in [6.45, 7) is -0.216. The highest BCUT2D eigenvalue weighted by Crippen LogP contribution is 2.20. The van der Waals surface area contributed by atoms with E-state index in [1.165, 1.54) is 7.11 Å². The van der Waals surface area contributed by atoms with Gasteiger partial charge in [0, 0.05) is 6.42 Å². The summed E-state index contributed by atoms with van der Waals surface area (Å²) < 4.78 is 34.9. The Hall–Kier alpha value is -1.31. The minimum absolute atomic E-state index is 0.216. The van der Waals surface area contributed by atoms with Crippen LogP contribution in [0.25, 0.3) is 0 Å². The van der Waals surface area contributed by atoms with Gasteiger partial charge in [0.05, 0.1) is 6.61 Å². The van der Waals surface area contributed by atoms with Crippen LogP contribution in [0, 0.1) is 0 Å². The molecular formula is C7H11F3N2O3.